The summed E-state index contributed by atoms with van der Waals surface area (Å²) < 4.78 is 7.50. The summed E-state index contributed by atoms with van der Waals surface area (Å²) in [7, 11) is 1.71. The summed E-state index contributed by atoms with van der Waals surface area (Å²) >= 11 is 5.88. The Labute approximate surface area is 125 Å². The van der Waals surface area contributed by atoms with Gasteiger partial charge in [-0.05, 0) is 43.9 Å². The van der Waals surface area contributed by atoms with Crippen LogP contribution in [-0.2, 0) is 17.7 Å². The first kappa shape index (κ1) is 15.1. The minimum Gasteiger partial charge on any atom is -0.374 e. The van der Waals surface area contributed by atoms with Crippen LogP contribution < -0.4 is 0 Å². The molecule has 0 N–H and O–H groups in total. The number of methoxy groups -OCH3 is 1. The quantitative estimate of drug-likeness (QED) is 0.713. The molecule has 0 saturated carbocycles. The Morgan fingerprint density at radius 2 is 2.00 bits per heavy atom. The molecule has 1 aromatic carbocycles. The second-order valence-corrected chi connectivity index (χ2v) is 5.38. The van der Waals surface area contributed by atoms with E-state index >= 15 is 0 Å². The Kier molecular flexibility index (Phi) is 5.62. The van der Waals surface area contributed by atoms with E-state index in [1.165, 1.54) is 5.56 Å². The number of hydrogen-bond acceptors (Lipinski definition) is 2. The lowest BCUT2D eigenvalue weighted by atomic mass is 10.1. The second-order valence-electron chi connectivity index (χ2n) is 4.94. The molecule has 108 valence electrons. The van der Waals surface area contributed by atoms with Crippen LogP contribution in [0.4, 0.5) is 0 Å². The molecular weight excluding hydrogens is 272 g/mol. The van der Waals surface area contributed by atoms with Gasteiger partial charge >= 0.3 is 0 Å². The third-order valence-corrected chi connectivity index (χ3v) is 3.74. The first-order valence-electron chi connectivity index (χ1n) is 6.99. The summed E-state index contributed by atoms with van der Waals surface area (Å²) in [6.07, 6.45) is 7.27. The van der Waals surface area contributed by atoms with Crippen LogP contribution in [0.1, 0.15) is 37.3 Å². The van der Waals surface area contributed by atoms with E-state index in [1.54, 1.807) is 7.11 Å². The predicted octanol–water partition coefficient (Wildman–Crippen LogP) is 4.27. The van der Waals surface area contributed by atoms with E-state index in [9.17, 15) is 0 Å². The van der Waals surface area contributed by atoms with Crippen LogP contribution in [0.2, 0.25) is 5.02 Å². The van der Waals surface area contributed by atoms with E-state index in [0.717, 1.165) is 36.7 Å². The number of unbranched alkanes of at least 4 members (excludes halogenated alkanes) is 1. The third-order valence-electron chi connectivity index (χ3n) is 3.49. The molecule has 0 bridgehead atoms. The zero-order valence-corrected chi connectivity index (χ0v) is 12.8. The Hall–Kier alpha value is -1.32. The smallest absolute Gasteiger partial charge is 0.137 e. The molecular formula is C16H21ClN2O. The number of aromatic nitrogens is 2. The van der Waals surface area contributed by atoms with Crippen LogP contribution in [-0.4, -0.2) is 16.7 Å². The van der Waals surface area contributed by atoms with Gasteiger partial charge in [0.05, 0.1) is 0 Å². The number of nitrogens with zero attached hydrogens (tertiary/aromatic N) is 2. The maximum Gasteiger partial charge on any atom is 0.137 e. The summed E-state index contributed by atoms with van der Waals surface area (Å²) in [5, 5.41) is 0.797. The zero-order valence-electron chi connectivity index (χ0n) is 12.1. The zero-order chi connectivity index (χ0) is 14.4. The van der Waals surface area contributed by atoms with Gasteiger partial charge in [0.25, 0.3) is 0 Å². The maximum atomic E-state index is 5.88. The molecule has 2 rings (SSSR count). The highest BCUT2D eigenvalue weighted by molar-refractivity contribution is 6.30. The molecule has 0 spiro atoms. The third kappa shape index (κ3) is 4.09. The number of rotatable bonds is 7. The van der Waals surface area contributed by atoms with Crippen LogP contribution in [0, 0.1) is 0 Å². The van der Waals surface area contributed by atoms with Gasteiger partial charge in [-0.1, -0.05) is 23.7 Å². The number of benzene rings is 1. The summed E-state index contributed by atoms with van der Waals surface area (Å²) in [6.45, 7) is 3.00. The Bertz CT molecular complexity index is 522. The van der Waals surface area contributed by atoms with Crippen molar-refractivity contribution >= 4 is 11.6 Å². The molecule has 1 unspecified atom stereocenters. The minimum absolute atomic E-state index is 0.0428. The Morgan fingerprint density at radius 1 is 1.25 bits per heavy atom. The van der Waals surface area contributed by atoms with E-state index in [0.29, 0.717) is 0 Å². The molecule has 1 aromatic heterocycles. The normalized spacial score (nSPS) is 12.6. The SMILES string of the molecule is COC(C)c1nccn1CCCCc1ccc(Cl)cc1. The van der Waals surface area contributed by atoms with E-state index < -0.39 is 0 Å². The topological polar surface area (TPSA) is 27.1 Å². The second kappa shape index (κ2) is 7.46. The minimum atomic E-state index is 0.0428. The standard InChI is InChI=1S/C16H21ClN2O/c1-13(20-2)16-18-10-12-19(16)11-4-3-5-14-6-8-15(17)9-7-14/h6-10,12-13H,3-5,11H2,1-2H3. The fraction of sp³-hybridized carbons (Fsp3) is 0.438. The molecule has 0 aliphatic carbocycles. The number of ether oxygens (including phenoxy) is 1. The molecule has 0 aliphatic heterocycles. The number of imidazole rings is 1. The van der Waals surface area contributed by atoms with E-state index in [-0.39, 0.29) is 6.10 Å². The molecule has 0 radical (unpaired) electrons. The van der Waals surface area contributed by atoms with Crippen molar-refractivity contribution in [2.45, 2.75) is 38.8 Å². The van der Waals surface area contributed by atoms with Gasteiger partial charge in [0, 0.05) is 31.1 Å². The monoisotopic (exact) mass is 292 g/mol. The van der Waals surface area contributed by atoms with Crippen molar-refractivity contribution in [2.75, 3.05) is 7.11 Å². The summed E-state index contributed by atoms with van der Waals surface area (Å²) in [4.78, 5) is 4.36. The van der Waals surface area contributed by atoms with E-state index in [1.807, 2.05) is 31.5 Å². The highest BCUT2D eigenvalue weighted by Gasteiger charge is 2.10. The first-order chi connectivity index (χ1) is 9.70. The van der Waals surface area contributed by atoms with Crippen molar-refractivity contribution in [3.8, 4) is 0 Å². The van der Waals surface area contributed by atoms with Crippen LogP contribution >= 0.6 is 11.6 Å². The largest absolute Gasteiger partial charge is 0.374 e. The van der Waals surface area contributed by atoms with Crippen molar-refractivity contribution < 1.29 is 4.74 Å². The molecule has 0 amide bonds. The van der Waals surface area contributed by atoms with Gasteiger partial charge in [-0.25, -0.2) is 4.98 Å². The first-order valence-corrected chi connectivity index (χ1v) is 7.37. The van der Waals surface area contributed by atoms with E-state index in [2.05, 4.69) is 21.7 Å². The molecule has 1 atom stereocenters. The van der Waals surface area contributed by atoms with Crippen LogP contribution in [0.5, 0.6) is 0 Å². The van der Waals surface area contributed by atoms with Crippen molar-refractivity contribution in [3.63, 3.8) is 0 Å². The lowest BCUT2D eigenvalue weighted by molar-refractivity contribution is 0.108. The lowest BCUT2D eigenvalue weighted by Gasteiger charge is -2.12. The average Bonchev–Trinajstić information content (AvgIpc) is 2.93. The summed E-state index contributed by atoms with van der Waals surface area (Å²) in [5.41, 5.74) is 1.34. The Balaban J connectivity index is 1.79. The Morgan fingerprint density at radius 3 is 2.70 bits per heavy atom. The molecule has 0 aliphatic rings. The molecule has 4 heteroatoms. The van der Waals surface area contributed by atoms with Gasteiger partial charge in [-0.15, -0.1) is 0 Å². The van der Waals surface area contributed by atoms with Gasteiger partial charge in [0.2, 0.25) is 0 Å². The highest BCUT2D eigenvalue weighted by atomic mass is 35.5. The molecule has 0 saturated heterocycles. The fourth-order valence-electron chi connectivity index (χ4n) is 2.24. The summed E-state index contributed by atoms with van der Waals surface area (Å²) in [5.74, 6) is 0.999. The van der Waals surface area contributed by atoms with Gasteiger partial charge in [0.15, 0.2) is 0 Å². The van der Waals surface area contributed by atoms with Crippen molar-refractivity contribution in [3.05, 3.63) is 53.1 Å². The molecule has 1 heterocycles. The van der Waals surface area contributed by atoms with Gasteiger partial charge in [-0.3, -0.25) is 0 Å². The fourth-order valence-corrected chi connectivity index (χ4v) is 2.36. The summed E-state index contributed by atoms with van der Waals surface area (Å²) in [6, 6.07) is 8.09. The molecule has 0 fully saturated rings. The average molecular weight is 293 g/mol. The predicted molar refractivity (Wildman–Crippen MR) is 82.0 cm³/mol. The van der Waals surface area contributed by atoms with Crippen molar-refractivity contribution in [2.24, 2.45) is 0 Å². The number of aryl methyl sites for hydroxylation is 2. The van der Waals surface area contributed by atoms with Crippen LogP contribution in [0.25, 0.3) is 0 Å². The van der Waals surface area contributed by atoms with Gasteiger partial charge < -0.3 is 9.30 Å². The van der Waals surface area contributed by atoms with Crippen molar-refractivity contribution in [1.29, 1.82) is 0 Å². The van der Waals surface area contributed by atoms with Gasteiger partial charge in [-0.2, -0.15) is 0 Å². The molecule has 2 aromatic rings. The lowest BCUT2D eigenvalue weighted by Crippen LogP contribution is -2.08. The van der Waals surface area contributed by atoms with E-state index in [4.69, 9.17) is 16.3 Å². The van der Waals surface area contributed by atoms with Crippen molar-refractivity contribution in [1.82, 2.24) is 9.55 Å². The highest BCUT2D eigenvalue weighted by Crippen LogP contribution is 2.15. The number of halogens is 1. The van der Waals surface area contributed by atoms with Gasteiger partial charge in [0.1, 0.15) is 11.9 Å². The van der Waals surface area contributed by atoms with Crippen LogP contribution in [0.15, 0.2) is 36.7 Å². The van der Waals surface area contributed by atoms with Crippen LogP contribution in [0.3, 0.4) is 0 Å². The molecule has 3 nitrogen and oxygen atoms in total. The maximum absolute atomic E-state index is 5.88. The number of hydrogen-bond donors (Lipinski definition) is 0. The molecule has 20 heavy (non-hydrogen) atoms.